The van der Waals surface area contributed by atoms with Gasteiger partial charge in [0.15, 0.2) is 0 Å². The van der Waals surface area contributed by atoms with Gasteiger partial charge in [-0.05, 0) is 37.5 Å². The largest absolute Gasteiger partial charge is 0.508 e. The third-order valence-corrected chi connectivity index (χ3v) is 6.00. The number of hydrogen-bond donors (Lipinski definition) is 2. The lowest BCUT2D eigenvalue weighted by Crippen LogP contribution is -2.55. The van der Waals surface area contributed by atoms with Gasteiger partial charge in [0.2, 0.25) is 5.91 Å². The lowest BCUT2D eigenvalue weighted by molar-refractivity contribution is -0.138. The SMILES string of the molecule is O=C1CC[C@@]2(CCCN(C(=O)c3cccc(O)c3)C2)CN1CCc1cnc[nH]1. The van der Waals surface area contributed by atoms with E-state index >= 15 is 0 Å². The smallest absolute Gasteiger partial charge is 0.254 e. The highest BCUT2D eigenvalue weighted by Crippen LogP contribution is 2.39. The molecule has 0 saturated carbocycles. The van der Waals surface area contributed by atoms with Gasteiger partial charge in [-0.25, -0.2) is 4.98 Å². The van der Waals surface area contributed by atoms with E-state index in [1.807, 2.05) is 9.80 Å². The van der Waals surface area contributed by atoms with Crippen molar-refractivity contribution in [1.82, 2.24) is 19.8 Å². The molecule has 1 spiro atoms. The average molecular weight is 382 g/mol. The van der Waals surface area contributed by atoms with Crippen LogP contribution in [0.2, 0.25) is 0 Å². The second-order valence-electron chi connectivity index (χ2n) is 8.02. The van der Waals surface area contributed by atoms with Gasteiger partial charge < -0.3 is 19.9 Å². The Bertz CT molecular complexity index is 851. The fourth-order valence-electron chi connectivity index (χ4n) is 4.52. The molecule has 1 aromatic heterocycles. The Hall–Kier alpha value is -2.83. The number of phenolic OH excluding ortho intramolecular Hbond substituents is 1. The minimum atomic E-state index is -0.0455. The van der Waals surface area contributed by atoms with Crippen molar-refractivity contribution in [3.63, 3.8) is 0 Å². The molecule has 7 nitrogen and oxygen atoms in total. The maximum absolute atomic E-state index is 12.9. The van der Waals surface area contributed by atoms with Gasteiger partial charge in [0.25, 0.3) is 5.91 Å². The Morgan fingerprint density at radius 3 is 2.96 bits per heavy atom. The van der Waals surface area contributed by atoms with Gasteiger partial charge in [0, 0.05) is 61.9 Å². The molecule has 2 amide bonds. The molecular formula is C21H26N4O3. The van der Waals surface area contributed by atoms with Crippen LogP contribution in [0.4, 0.5) is 0 Å². The molecule has 0 unspecified atom stereocenters. The number of likely N-dealkylation sites (tertiary alicyclic amines) is 2. The molecule has 0 bridgehead atoms. The van der Waals surface area contributed by atoms with E-state index < -0.39 is 0 Å². The zero-order valence-electron chi connectivity index (χ0n) is 15.9. The van der Waals surface area contributed by atoms with E-state index in [9.17, 15) is 14.7 Å². The van der Waals surface area contributed by atoms with Gasteiger partial charge >= 0.3 is 0 Å². The predicted molar refractivity (Wildman–Crippen MR) is 104 cm³/mol. The number of nitrogens with zero attached hydrogens (tertiary/aromatic N) is 3. The van der Waals surface area contributed by atoms with Crippen LogP contribution in [-0.4, -0.2) is 62.9 Å². The van der Waals surface area contributed by atoms with Crippen LogP contribution >= 0.6 is 0 Å². The van der Waals surface area contributed by atoms with Crippen molar-refractivity contribution in [1.29, 1.82) is 0 Å². The first-order valence-electron chi connectivity index (χ1n) is 9.88. The first kappa shape index (κ1) is 18.5. The summed E-state index contributed by atoms with van der Waals surface area (Å²) in [6, 6.07) is 6.52. The summed E-state index contributed by atoms with van der Waals surface area (Å²) in [5, 5.41) is 9.68. The predicted octanol–water partition coefficient (Wildman–Crippen LogP) is 2.20. The number of rotatable bonds is 4. The maximum Gasteiger partial charge on any atom is 0.254 e. The third kappa shape index (κ3) is 3.88. The molecule has 3 heterocycles. The van der Waals surface area contributed by atoms with Crippen molar-refractivity contribution >= 4 is 11.8 Å². The topological polar surface area (TPSA) is 89.5 Å². The number of nitrogens with one attached hydrogen (secondary N) is 1. The Balaban J connectivity index is 1.44. The highest BCUT2D eigenvalue weighted by atomic mass is 16.3. The second-order valence-corrected chi connectivity index (χ2v) is 8.02. The van der Waals surface area contributed by atoms with Gasteiger partial charge in [0.1, 0.15) is 5.75 Å². The highest BCUT2D eigenvalue weighted by molar-refractivity contribution is 5.94. The molecule has 0 radical (unpaired) electrons. The zero-order valence-corrected chi connectivity index (χ0v) is 15.9. The van der Waals surface area contributed by atoms with Crippen LogP contribution in [0, 0.1) is 5.41 Å². The summed E-state index contributed by atoms with van der Waals surface area (Å²) < 4.78 is 0. The summed E-state index contributed by atoms with van der Waals surface area (Å²) in [5.74, 6) is 0.253. The number of aromatic hydroxyl groups is 1. The lowest BCUT2D eigenvalue weighted by Gasteiger charge is -2.48. The number of hydrogen-bond acceptors (Lipinski definition) is 4. The van der Waals surface area contributed by atoms with Crippen LogP contribution in [0.15, 0.2) is 36.8 Å². The monoisotopic (exact) mass is 382 g/mol. The number of phenols is 1. The van der Waals surface area contributed by atoms with E-state index in [1.165, 1.54) is 6.07 Å². The molecular weight excluding hydrogens is 356 g/mol. The van der Waals surface area contributed by atoms with E-state index in [4.69, 9.17) is 0 Å². The summed E-state index contributed by atoms with van der Waals surface area (Å²) in [6.45, 7) is 2.75. The van der Waals surface area contributed by atoms with Crippen molar-refractivity contribution < 1.29 is 14.7 Å². The van der Waals surface area contributed by atoms with Crippen LogP contribution in [-0.2, 0) is 11.2 Å². The van der Waals surface area contributed by atoms with Crippen molar-refractivity contribution in [3.8, 4) is 5.75 Å². The van der Waals surface area contributed by atoms with Gasteiger partial charge in [-0.1, -0.05) is 6.07 Å². The van der Waals surface area contributed by atoms with Crippen LogP contribution < -0.4 is 0 Å². The summed E-state index contributed by atoms with van der Waals surface area (Å²) in [5.41, 5.74) is 1.50. The van der Waals surface area contributed by atoms with Crippen molar-refractivity contribution in [3.05, 3.63) is 48.0 Å². The number of piperidine rings is 2. The fraction of sp³-hybridized carbons (Fsp3) is 0.476. The molecule has 2 aliphatic rings. The molecule has 7 heteroatoms. The standard InChI is InChI=1S/C21H26N4O3/c26-18-4-1-3-16(11-18)20(28)25-9-2-7-21(14-25)8-5-19(27)24(13-21)10-6-17-12-22-15-23-17/h1,3-4,11-12,15,26H,2,5-10,13-14H2,(H,22,23)/t21-/m0/s1. The molecule has 1 atom stereocenters. The van der Waals surface area contributed by atoms with Crippen LogP contribution in [0.5, 0.6) is 5.75 Å². The number of carbonyl (C=O) groups excluding carboxylic acids is 2. The lowest BCUT2D eigenvalue weighted by atomic mass is 9.73. The molecule has 2 saturated heterocycles. The fourth-order valence-corrected chi connectivity index (χ4v) is 4.52. The van der Waals surface area contributed by atoms with Gasteiger partial charge in [-0.15, -0.1) is 0 Å². The highest BCUT2D eigenvalue weighted by Gasteiger charge is 2.42. The quantitative estimate of drug-likeness (QED) is 0.848. The summed E-state index contributed by atoms with van der Waals surface area (Å²) in [4.78, 5) is 36.3. The minimum Gasteiger partial charge on any atom is -0.508 e. The van der Waals surface area contributed by atoms with E-state index in [2.05, 4.69) is 9.97 Å². The number of carbonyl (C=O) groups is 2. The summed E-state index contributed by atoms with van der Waals surface area (Å²) in [7, 11) is 0. The Kier molecular flexibility index (Phi) is 5.07. The average Bonchev–Trinajstić information content (AvgIpc) is 3.22. The molecule has 148 valence electrons. The first-order chi connectivity index (χ1) is 13.5. The van der Waals surface area contributed by atoms with E-state index in [0.29, 0.717) is 31.6 Å². The van der Waals surface area contributed by atoms with Crippen LogP contribution in [0.1, 0.15) is 41.7 Å². The minimum absolute atomic E-state index is 0.0351. The number of aromatic amines is 1. The second kappa shape index (κ2) is 7.66. The van der Waals surface area contributed by atoms with Gasteiger partial charge in [-0.2, -0.15) is 0 Å². The Labute approximate surface area is 164 Å². The molecule has 2 aromatic rings. The molecule has 0 aliphatic carbocycles. The molecule has 2 fully saturated rings. The molecule has 2 N–H and O–H groups in total. The molecule has 2 aliphatic heterocycles. The maximum atomic E-state index is 12.9. The van der Waals surface area contributed by atoms with E-state index in [0.717, 1.165) is 37.9 Å². The summed E-state index contributed by atoms with van der Waals surface area (Å²) >= 11 is 0. The Morgan fingerprint density at radius 1 is 1.29 bits per heavy atom. The van der Waals surface area contributed by atoms with E-state index in [1.54, 1.807) is 30.7 Å². The number of imidazole rings is 1. The number of amides is 2. The Morgan fingerprint density at radius 2 is 2.18 bits per heavy atom. The van der Waals surface area contributed by atoms with Gasteiger partial charge in [-0.3, -0.25) is 9.59 Å². The molecule has 1 aromatic carbocycles. The summed E-state index contributed by atoms with van der Waals surface area (Å²) in [6.07, 6.45) is 7.54. The van der Waals surface area contributed by atoms with Crippen molar-refractivity contribution in [2.45, 2.75) is 32.1 Å². The van der Waals surface area contributed by atoms with E-state index in [-0.39, 0.29) is 23.0 Å². The molecule has 4 rings (SSSR count). The number of aromatic nitrogens is 2. The van der Waals surface area contributed by atoms with Crippen molar-refractivity contribution in [2.24, 2.45) is 5.41 Å². The third-order valence-electron chi connectivity index (χ3n) is 6.00. The first-order valence-corrected chi connectivity index (χ1v) is 9.88. The zero-order chi connectivity index (χ0) is 19.6. The van der Waals surface area contributed by atoms with Crippen LogP contribution in [0.3, 0.4) is 0 Å². The normalized spacial score (nSPS) is 22.6. The molecule has 28 heavy (non-hydrogen) atoms. The number of benzene rings is 1. The van der Waals surface area contributed by atoms with Crippen LogP contribution in [0.25, 0.3) is 0 Å². The van der Waals surface area contributed by atoms with Crippen molar-refractivity contribution in [2.75, 3.05) is 26.2 Å². The van der Waals surface area contributed by atoms with Gasteiger partial charge in [0.05, 0.1) is 6.33 Å². The number of H-pyrrole nitrogens is 1.